The summed E-state index contributed by atoms with van der Waals surface area (Å²) in [5.41, 5.74) is -0.631. The summed E-state index contributed by atoms with van der Waals surface area (Å²) in [4.78, 5) is 17.2. The average molecular weight is 726 g/mol. The largest absolute Gasteiger partial charge is 0.444 e. The Labute approximate surface area is 287 Å². The second-order valence-electron chi connectivity index (χ2n) is 11.9. The van der Waals surface area contributed by atoms with Gasteiger partial charge in [-0.15, -0.1) is 16.4 Å². The van der Waals surface area contributed by atoms with E-state index in [4.69, 9.17) is 35.3 Å². The molecule has 0 spiro atoms. The molecule has 6 atom stereocenters. The molecule has 0 aliphatic carbocycles. The Balaban J connectivity index is 1.29. The van der Waals surface area contributed by atoms with Crippen molar-refractivity contribution in [2.45, 2.75) is 73.5 Å². The number of ether oxygens (including phenoxy) is 5. The zero-order valence-corrected chi connectivity index (χ0v) is 28.4. The van der Waals surface area contributed by atoms with E-state index in [1.165, 1.54) is 30.6 Å². The SMILES string of the molecule is CO[C@H]1C(n2cc(-c3csc(NC(=O)OC(C)(C)C)n3)nn2)[C@H]2OC(c3ccccc3)OCC2O[C@@H]1Sc1ccc(C(F)(F)F)c(Cl)c1. The van der Waals surface area contributed by atoms with Crippen LogP contribution in [0, 0.1) is 0 Å². The van der Waals surface area contributed by atoms with Crippen LogP contribution in [0.15, 0.2) is 65.0 Å². The van der Waals surface area contributed by atoms with E-state index in [2.05, 4.69) is 20.6 Å². The van der Waals surface area contributed by atoms with E-state index in [0.29, 0.717) is 21.4 Å². The van der Waals surface area contributed by atoms with Crippen LogP contribution in [-0.4, -0.2) is 69.1 Å². The number of methoxy groups -OCH3 is 1. The molecule has 4 aromatic rings. The maximum Gasteiger partial charge on any atom is 0.417 e. The Morgan fingerprint density at radius 2 is 1.90 bits per heavy atom. The van der Waals surface area contributed by atoms with Gasteiger partial charge in [0, 0.05) is 22.9 Å². The van der Waals surface area contributed by atoms with Gasteiger partial charge in [-0.2, -0.15) is 13.2 Å². The molecular weight excluding hydrogens is 695 g/mol. The Kier molecular flexibility index (Phi) is 10.0. The maximum atomic E-state index is 13.4. The molecule has 2 aromatic carbocycles. The fourth-order valence-electron chi connectivity index (χ4n) is 5.31. The third-order valence-electron chi connectivity index (χ3n) is 7.34. The topological polar surface area (TPSA) is 119 Å². The lowest BCUT2D eigenvalue weighted by atomic mass is 9.95. The lowest BCUT2D eigenvalue weighted by Crippen LogP contribution is -2.59. The summed E-state index contributed by atoms with van der Waals surface area (Å²) in [6, 6.07) is 12.4. The summed E-state index contributed by atoms with van der Waals surface area (Å²) in [5.74, 6) is 0. The van der Waals surface area contributed by atoms with Crippen molar-refractivity contribution in [3.05, 3.63) is 76.3 Å². The summed E-state index contributed by atoms with van der Waals surface area (Å²) in [6.45, 7) is 5.45. The molecular formula is C31H31ClF3N5O6S2. The van der Waals surface area contributed by atoms with Crippen LogP contribution in [-0.2, 0) is 29.9 Å². The number of amides is 1. The molecule has 4 heterocycles. The molecule has 2 aliphatic rings. The molecule has 1 amide bonds. The lowest BCUT2D eigenvalue weighted by Gasteiger charge is -2.48. The molecule has 17 heteroatoms. The standard InChI is InChI=1S/C31H31ClF3N5O6S2/c1-30(2,3)46-29(41)37-28-36-21(15-47-28)20-13-40(39-38-20)23-24-22(14-43-26(45-24)16-8-6-5-7-9-16)44-27(25(23)42-4)48-17-10-11-18(19(32)12-17)31(33,34)35/h5-13,15,22-27H,14H2,1-4H3,(H,36,37,41)/t22?,23?,24-,25-,26?,27+/m0/s1. The molecule has 1 N–H and O–H groups in total. The molecule has 11 nitrogen and oxygen atoms in total. The number of halogens is 4. The number of carbonyl (C=O) groups is 1. The zero-order chi connectivity index (χ0) is 34.2. The Morgan fingerprint density at radius 3 is 2.58 bits per heavy atom. The quantitative estimate of drug-likeness (QED) is 0.204. The van der Waals surface area contributed by atoms with Gasteiger partial charge in [-0.05, 0) is 39.0 Å². The molecule has 0 radical (unpaired) electrons. The monoisotopic (exact) mass is 725 g/mol. The first-order chi connectivity index (χ1) is 22.8. The van der Waals surface area contributed by atoms with Crippen molar-refractivity contribution in [2.75, 3.05) is 19.0 Å². The van der Waals surface area contributed by atoms with E-state index in [9.17, 15) is 18.0 Å². The maximum absolute atomic E-state index is 13.4. The second kappa shape index (κ2) is 13.9. The first-order valence-electron chi connectivity index (χ1n) is 14.7. The second-order valence-corrected chi connectivity index (χ2v) is 14.4. The first kappa shape index (κ1) is 34.6. The van der Waals surface area contributed by atoms with Gasteiger partial charge in [0.2, 0.25) is 0 Å². The van der Waals surface area contributed by atoms with Crippen molar-refractivity contribution < 1.29 is 41.7 Å². The van der Waals surface area contributed by atoms with Gasteiger partial charge in [-0.1, -0.05) is 58.9 Å². The number of benzene rings is 2. The molecule has 2 aliphatic heterocycles. The first-order valence-corrected chi connectivity index (χ1v) is 16.8. The Morgan fingerprint density at radius 1 is 1.12 bits per heavy atom. The van der Waals surface area contributed by atoms with Crippen molar-refractivity contribution in [1.29, 1.82) is 0 Å². The van der Waals surface area contributed by atoms with E-state index in [1.54, 1.807) is 37.0 Å². The van der Waals surface area contributed by atoms with Crippen molar-refractivity contribution in [3.8, 4) is 11.4 Å². The Hall–Kier alpha value is -3.25. The van der Waals surface area contributed by atoms with E-state index >= 15 is 0 Å². The van der Waals surface area contributed by atoms with Gasteiger partial charge in [-0.25, -0.2) is 14.5 Å². The number of nitrogens with one attached hydrogen (secondary N) is 1. The smallest absolute Gasteiger partial charge is 0.417 e. The number of fused-ring (bicyclic) bond motifs is 1. The van der Waals surface area contributed by atoms with Gasteiger partial charge in [-0.3, -0.25) is 5.32 Å². The van der Waals surface area contributed by atoms with Gasteiger partial charge in [0.25, 0.3) is 0 Å². The summed E-state index contributed by atoms with van der Waals surface area (Å²) in [7, 11) is 1.51. The molecule has 2 aromatic heterocycles. The third-order valence-corrected chi connectivity index (χ3v) is 9.55. The number of hydrogen-bond donors (Lipinski definition) is 1. The molecule has 0 bridgehead atoms. The number of alkyl halides is 3. The van der Waals surface area contributed by atoms with Crippen LogP contribution in [0.25, 0.3) is 11.4 Å². The minimum absolute atomic E-state index is 0.162. The van der Waals surface area contributed by atoms with E-state index < -0.39 is 64.5 Å². The van der Waals surface area contributed by atoms with E-state index in [1.807, 2.05) is 30.3 Å². The fraction of sp³-hybridized carbons (Fsp3) is 0.419. The highest BCUT2D eigenvalue weighted by Crippen LogP contribution is 2.45. The van der Waals surface area contributed by atoms with Crippen molar-refractivity contribution in [1.82, 2.24) is 20.0 Å². The predicted octanol–water partition coefficient (Wildman–Crippen LogP) is 7.61. The van der Waals surface area contributed by atoms with Gasteiger partial charge >= 0.3 is 12.3 Å². The van der Waals surface area contributed by atoms with Crippen LogP contribution in [0.3, 0.4) is 0 Å². The van der Waals surface area contributed by atoms with E-state index in [0.717, 1.165) is 23.4 Å². The summed E-state index contributed by atoms with van der Waals surface area (Å²) < 4.78 is 72.0. The summed E-state index contributed by atoms with van der Waals surface area (Å²) in [6.07, 6.45) is -6.17. The van der Waals surface area contributed by atoms with Crippen molar-refractivity contribution in [2.24, 2.45) is 0 Å². The number of carbonyl (C=O) groups excluding carboxylic acids is 1. The highest BCUT2D eigenvalue weighted by atomic mass is 35.5. The highest BCUT2D eigenvalue weighted by molar-refractivity contribution is 7.99. The van der Waals surface area contributed by atoms with Crippen LogP contribution >= 0.6 is 34.7 Å². The number of nitrogens with zero attached hydrogens (tertiary/aromatic N) is 4. The molecule has 2 fully saturated rings. The van der Waals surface area contributed by atoms with Crippen molar-refractivity contribution >= 4 is 45.9 Å². The van der Waals surface area contributed by atoms with E-state index in [-0.39, 0.29) is 6.61 Å². The third kappa shape index (κ3) is 7.80. The molecule has 6 rings (SSSR count). The van der Waals surface area contributed by atoms with Crippen LogP contribution in [0.4, 0.5) is 23.1 Å². The van der Waals surface area contributed by atoms with Gasteiger partial charge < -0.3 is 23.7 Å². The lowest BCUT2D eigenvalue weighted by molar-refractivity contribution is -0.308. The number of thioether (sulfide) groups is 1. The number of anilines is 1. The number of rotatable bonds is 7. The molecule has 3 unspecified atom stereocenters. The number of hydrogen-bond acceptors (Lipinski definition) is 11. The zero-order valence-electron chi connectivity index (χ0n) is 26.0. The van der Waals surface area contributed by atoms with Crippen LogP contribution in [0.2, 0.25) is 5.02 Å². The summed E-state index contributed by atoms with van der Waals surface area (Å²) in [5, 5.41) is 13.0. The molecule has 2 saturated heterocycles. The number of aromatic nitrogens is 4. The number of thiazole rings is 1. The molecule has 0 saturated carbocycles. The Bertz CT molecular complexity index is 1740. The van der Waals surface area contributed by atoms with Crippen LogP contribution in [0.1, 0.15) is 44.2 Å². The minimum Gasteiger partial charge on any atom is -0.444 e. The average Bonchev–Trinajstić information content (AvgIpc) is 3.69. The molecule has 256 valence electrons. The highest BCUT2D eigenvalue weighted by Gasteiger charge is 2.52. The normalized spacial score (nSPS) is 24.6. The van der Waals surface area contributed by atoms with Crippen LogP contribution in [0.5, 0.6) is 0 Å². The fourth-order valence-corrected chi connectivity index (χ4v) is 7.55. The predicted molar refractivity (Wildman–Crippen MR) is 172 cm³/mol. The molecule has 48 heavy (non-hydrogen) atoms. The van der Waals surface area contributed by atoms with Gasteiger partial charge in [0.05, 0.1) is 23.4 Å². The van der Waals surface area contributed by atoms with Gasteiger partial charge in [0.15, 0.2) is 11.4 Å². The van der Waals surface area contributed by atoms with Crippen molar-refractivity contribution in [3.63, 3.8) is 0 Å². The summed E-state index contributed by atoms with van der Waals surface area (Å²) >= 11 is 8.39. The van der Waals surface area contributed by atoms with Gasteiger partial charge in [0.1, 0.15) is 46.8 Å². The minimum atomic E-state index is -4.59. The van der Waals surface area contributed by atoms with Crippen LogP contribution < -0.4 is 5.32 Å².